The smallest absolute Gasteiger partial charge is 0.497 e. The van der Waals surface area contributed by atoms with Crippen molar-refractivity contribution in [3.8, 4) is 17.2 Å². The molecule has 1 aromatic heterocycles. The van der Waals surface area contributed by atoms with Gasteiger partial charge in [0.05, 0.1) is 30.8 Å². The van der Waals surface area contributed by atoms with Gasteiger partial charge in [-0.2, -0.15) is 5.10 Å². The van der Waals surface area contributed by atoms with Gasteiger partial charge in [0, 0.05) is 11.0 Å². The number of benzene rings is 2. The normalized spacial score (nSPS) is 11.4. The number of alkyl halides is 3. The van der Waals surface area contributed by atoms with Gasteiger partial charge in [-0.3, -0.25) is 4.79 Å². The molecule has 0 bridgehead atoms. The molecule has 0 aliphatic carbocycles. The van der Waals surface area contributed by atoms with Crippen LogP contribution < -0.4 is 14.9 Å². The van der Waals surface area contributed by atoms with Crippen LogP contribution in [-0.4, -0.2) is 42.6 Å². The van der Waals surface area contributed by atoms with Gasteiger partial charge >= 0.3 is 12.3 Å². The van der Waals surface area contributed by atoms with E-state index in [1.54, 1.807) is 18.4 Å². The van der Waals surface area contributed by atoms with Crippen LogP contribution in [-0.2, 0) is 4.74 Å². The molecule has 0 aliphatic heterocycles. The average Bonchev–Trinajstić information content (AvgIpc) is 2.72. The maximum Gasteiger partial charge on any atom is 0.573 e. The number of hydrogen-bond acceptors (Lipinski definition) is 7. The Hall–Kier alpha value is -3.21. The number of methoxy groups -OCH3 is 2. The lowest BCUT2D eigenvalue weighted by Gasteiger charge is -2.15. The van der Waals surface area contributed by atoms with Gasteiger partial charge in [-0.1, -0.05) is 0 Å². The van der Waals surface area contributed by atoms with Gasteiger partial charge in [-0.05, 0) is 36.6 Å². The van der Waals surface area contributed by atoms with Crippen LogP contribution in [0.1, 0.15) is 10.5 Å². The zero-order chi connectivity index (χ0) is 22.1. The van der Waals surface area contributed by atoms with E-state index in [9.17, 15) is 22.8 Å². The van der Waals surface area contributed by atoms with E-state index in [4.69, 9.17) is 4.74 Å². The first-order valence-corrected chi connectivity index (χ1v) is 9.54. The van der Waals surface area contributed by atoms with Gasteiger partial charge in [0.1, 0.15) is 11.5 Å². The second-order valence-corrected chi connectivity index (χ2v) is 6.69. The minimum atomic E-state index is -4.83. The molecule has 3 rings (SSSR count). The Morgan fingerprint density at radius 3 is 2.30 bits per heavy atom. The van der Waals surface area contributed by atoms with Crippen molar-refractivity contribution in [3.05, 3.63) is 52.3 Å². The SMILES string of the molecule is COC(=O)c1nn(-c2ccc(OC(F)(F)F)cc2)c2cc(OC)cc(SC)c2c1=O. The largest absolute Gasteiger partial charge is 0.573 e. The maximum absolute atomic E-state index is 12.9. The number of hydrogen-bond donors (Lipinski definition) is 0. The number of rotatable bonds is 5. The first kappa shape index (κ1) is 21.5. The molecule has 0 atom stereocenters. The molecular formula is C19H15F3N2O5S. The van der Waals surface area contributed by atoms with Crippen LogP contribution >= 0.6 is 11.8 Å². The first-order valence-electron chi connectivity index (χ1n) is 8.32. The van der Waals surface area contributed by atoms with Crippen LogP contribution in [0.5, 0.6) is 11.5 Å². The molecule has 2 aromatic carbocycles. The summed E-state index contributed by atoms with van der Waals surface area (Å²) in [5.74, 6) is -0.924. The summed E-state index contributed by atoms with van der Waals surface area (Å²) in [6, 6.07) is 8.02. The number of carbonyl (C=O) groups excluding carboxylic acids is 1. The van der Waals surface area contributed by atoms with Gasteiger partial charge in [0.25, 0.3) is 0 Å². The Kier molecular flexibility index (Phi) is 5.92. The summed E-state index contributed by atoms with van der Waals surface area (Å²) < 4.78 is 52.3. The summed E-state index contributed by atoms with van der Waals surface area (Å²) in [6.45, 7) is 0. The van der Waals surface area contributed by atoms with E-state index in [0.717, 1.165) is 19.2 Å². The van der Waals surface area contributed by atoms with E-state index >= 15 is 0 Å². The van der Waals surface area contributed by atoms with Crippen molar-refractivity contribution in [1.29, 1.82) is 0 Å². The predicted molar refractivity (Wildman–Crippen MR) is 104 cm³/mol. The van der Waals surface area contributed by atoms with Crippen LogP contribution in [0.15, 0.2) is 46.1 Å². The number of carbonyl (C=O) groups is 1. The van der Waals surface area contributed by atoms with E-state index in [-0.39, 0.29) is 5.39 Å². The lowest BCUT2D eigenvalue weighted by atomic mass is 10.1. The van der Waals surface area contributed by atoms with Crippen molar-refractivity contribution >= 4 is 28.6 Å². The van der Waals surface area contributed by atoms with E-state index in [0.29, 0.717) is 21.8 Å². The fourth-order valence-electron chi connectivity index (χ4n) is 2.78. The summed E-state index contributed by atoms with van der Waals surface area (Å²) >= 11 is 1.26. The number of nitrogens with zero attached hydrogens (tertiary/aromatic N) is 2. The lowest BCUT2D eigenvalue weighted by Crippen LogP contribution is -2.24. The highest BCUT2D eigenvalue weighted by atomic mass is 32.2. The maximum atomic E-state index is 12.9. The minimum absolute atomic E-state index is 0.203. The van der Waals surface area contributed by atoms with Crippen LogP contribution in [0.4, 0.5) is 13.2 Å². The third-order valence-electron chi connectivity index (χ3n) is 4.07. The van der Waals surface area contributed by atoms with E-state index in [1.165, 1.54) is 35.7 Å². The van der Waals surface area contributed by atoms with Crippen molar-refractivity contribution in [2.75, 3.05) is 20.5 Å². The number of halogens is 3. The number of thioether (sulfide) groups is 1. The fourth-order valence-corrected chi connectivity index (χ4v) is 3.42. The summed E-state index contributed by atoms with van der Waals surface area (Å²) in [5, 5.41) is 4.30. The highest BCUT2D eigenvalue weighted by molar-refractivity contribution is 7.98. The molecule has 0 aliphatic rings. The topological polar surface area (TPSA) is 79.7 Å². The quantitative estimate of drug-likeness (QED) is 0.441. The Bertz CT molecular complexity index is 1160. The second kappa shape index (κ2) is 8.27. The molecule has 3 aromatic rings. The van der Waals surface area contributed by atoms with Gasteiger partial charge < -0.3 is 14.2 Å². The van der Waals surface area contributed by atoms with Gasteiger partial charge in [0.15, 0.2) is 0 Å². The number of fused-ring (bicyclic) bond motifs is 1. The molecule has 30 heavy (non-hydrogen) atoms. The molecule has 0 saturated heterocycles. The van der Waals surface area contributed by atoms with E-state index < -0.39 is 29.2 Å². The van der Waals surface area contributed by atoms with Crippen molar-refractivity contribution in [1.82, 2.24) is 9.78 Å². The third-order valence-corrected chi connectivity index (χ3v) is 4.84. The zero-order valence-corrected chi connectivity index (χ0v) is 16.8. The minimum Gasteiger partial charge on any atom is -0.497 e. The average molecular weight is 440 g/mol. The molecular weight excluding hydrogens is 425 g/mol. The molecule has 0 radical (unpaired) electrons. The van der Waals surface area contributed by atoms with Crippen LogP contribution in [0, 0.1) is 0 Å². The molecule has 0 N–H and O–H groups in total. The first-order chi connectivity index (χ1) is 14.2. The van der Waals surface area contributed by atoms with Crippen molar-refractivity contribution < 1.29 is 32.2 Å². The fraction of sp³-hybridized carbons (Fsp3) is 0.211. The Labute approximate surface area is 172 Å². The molecule has 11 heteroatoms. The summed E-state index contributed by atoms with van der Waals surface area (Å²) in [6.07, 6.45) is -3.08. The van der Waals surface area contributed by atoms with E-state index in [2.05, 4.69) is 14.6 Å². The molecule has 0 saturated carbocycles. The Morgan fingerprint density at radius 1 is 1.10 bits per heavy atom. The van der Waals surface area contributed by atoms with Crippen LogP contribution in [0.2, 0.25) is 0 Å². The monoisotopic (exact) mass is 440 g/mol. The van der Waals surface area contributed by atoms with Crippen molar-refractivity contribution in [2.45, 2.75) is 11.3 Å². The van der Waals surface area contributed by atoms with Crippen LogP contribution in [0.3, 0.4) is 0 Å². The third kappa shape index (κ3) is 4.20. The summed E-state index contributed by atoms with van der Waals surface area (Å²) in [7, 11) is 2.57. The van der Waals surface area contributed by atoms with Gasteiger partial charge in [-0.15, -0.1) is 24.9 Å². The molecule has 0 amide bonds. The molecule has 0 spiro atoms. The zero-order valence-electron chi connectivity index (χ0n) is 15.9. The Balaban J connectivity index is 2.30. The van der Waals surface area contributed by atoms with Crippen molar-refractivity contribution in [3.63, 3.8) is 0 Å². The standard InChI is InChI=1S/C19H15F3N2O5S/c1-27-12-8-13-15(14(9-12)30-3)17(25)16(18(26)28-2)23-24(13)10-4-6-11(7-5-10)29-19(20,21)22/h4-9H,1-3H3. The number of aromatic nitrogens is 2. The van der Waals surface area contributed by atoms with Crippen molar-refractivity contribution in [2.24, 2.45) is 0 Å². The van der Waals surface area contributed by atoms with Gasteiger partial charge in [0.2, 0.25) is 11.1 Å². The molecule has 0 unspecified atom stereocenters. The molecule has 1 heterocycles. The number of esters is 1. The van der Waals surface area contributed by atoms with Gasteiger partial charge in [-0.25, -0.2) is 9.48 Å². The number of ether oxygens (including phenoxy) is 3. The lowest BCUT2D eigenvalue weighted by molar-refractivity contribution is -0.274. The molecule has 0 fully saturated rings. The second-order valence-electron chi connectivity index (χ2n) is 5.85. The molecule has 7 nitrogen and oxygen atoms in total. The highest BCUT2D eigenvalue weighted by Gasteiger charge is 2.31. The predicted octanol–water partition coefficient (Wildman–Crippen LogP) is 3.80. The Morgan fingerprint density at radius 2 is 1.77 bits per heavy atom. The highest BCUT2D eigenvalue weighted by Crippen LogP contribution is 2.31. The molecule has 158 valence electrons. The summed E-state index contributed by atoms with van der Waals surface area (Å²) in [4.78, 5) is 25.6. The van der Waals surface area contributed by atoms with Crippen LogP contribution in [0.25, 0.3) is 16.6 Å². The summed E-state index contributed by atoms with van der Waals surface area (Å²) in [5.41, 5.74) is -0.487. The van der Waals surface area contributed by atoms with E-state index in [1.807, 2.05) is 0 Å².